The number of pyridine rings is 1. The molecule has 3 heterocycles. The molecule has 0 amide bonds. The van der Waals surface area contributed by atoms with E-state index in [1.807, 2.05) is 32.3 Å². The van der Waals surface area contributed by atoms with Crippen molar-refractivity contribution in [2.75, 3.05) is 59.3 Å². The number of imidazole rings is 1. The predicted molar refractivity (Wildman–Crippen MR) is 146 cm³/mol. The zero-order valence-corrected chi connectivity index (χ0v) is 21.7. The molecule has 36 heavy (non-hydrogen) atoms. The normalized spacial score (nSPS) is 15.0. The molecule has 0 spiro atoms. The molecule has 2 aromatic heterocycles. The van der Waals surface area contributed by atoms with Crippen LogP contribution in [0.5, 0.6) is 5.75 Å². The Bertz CT molecular complexity index is 1340. The summed E-state index contributed by atoms with van der Waals surface area (Å²) in [4.78, 5) is 11.8. The topological polar surface area (TPSA) is 36.2 Å². The summed E-state index contributed by atoms with van der Waals surface area (Å²) in [6.07, 6.45) is 5.23. The van der Waals surface area contributed by atoms with Crippen molar-refractivity contribution >= 4 is 22.4 Å². The van der Waals surface area contributed by atoms with Gasteiger partial charge in [-0.25, -0.2) is 9.37 Å². The minimum Gasteiger partial charge on any atom is -0.490 e. The average Bonchev–Trinajstić information content (AvgIpc) is 3.25. The molecular weight excluding hydrogens is 453 g/mol. The quantitative estimate of drug-likeness (QED) is 0.320. The molecule has 0 unspecified atom stereocenters. The number of rotatable bonds is 8. The van der Waals surface area contributed by atoms with Crippen LogP contribution in [-0.2, 0) is 0 Å². The van der Waals surface area contributed by atoms with E-state index in [9.17, 15) is 4.39 Å². The van der Waals surface area contributed by atoms with E-state index in [4.69, 9.17) is 9.72 Å². The van der Waals surface area contributed by atoms with Crippen molar-refractivity contribution < 1.29 is 9.13 Å². The molecule has 0 aliphatic carbocycles. The maximum atomic E-state index is 14.9. The fraction of sp³-hybridized carbons (Fsp3) is 0.414. The number of piperidine rings is 1. The fourth-order valence-corrected chi connectivity index (χ4v) is 5.15. The predicted octanol–water partition coefficient (Wildman–Crippen LogP) is 5.15. The molecule has 5 rings (SSSR count). The summed E-state index contributed by atoms with van der Waals surface area (Å²) in [6, 6.07) is 16.2. The Labute approximate surface area is 212 Å². The van der Waals surface area contributed by atoms with Crippen LogP contribution in [0, 0.1) is 5.82 Å². The van der Waals surface area contributed by atoms with Gasteiger partial charge in [-0.1, -0.05) is 12.1 Å². The lowest BCUT2D eigenvalue weighted by Crippen LogP contribution is -2.42. The van der Waals surface area contributed by atoms with Crippen LogP contribution in [0.4, 0.5) is 10.1 Å². The third-order valence-corrected chi connectivity index (χ3v) is 7.20. The van der Waals surface area contributed by atoms with Crippen molar-refractivity contribution in [2.24, 2.45) is 0 Å². The lowest BCUT2D eigenvalue weighted by Gasteiger charge is -2.36. The van der Waals surface area contributed by atoms with Crippen LogP contribution < -0.4 is 9.64 Å². The molecule has 0 radical (unpaired) electrons. The number of ether oxygens (including phenoxy) is 1. The summed E-state index contributed by atoms with van der Waals surface area (Å²) in [5.74, 6) is -0.0348. The molecule has 0 N–H and O–H groups in total. The Balaban J connectivity index is 1.43. The zero-order chi connectivity index (χ0) is 25.2. The minimum absolute atomic E-state index is 0.301. The van der Waals surface area contributed by atoms with Gasteiger partial charge in [-0.3, -0.25) is 4.40 Å². The molecule has 0 bridgehead atoms. The molecule has 0 atom stereocenters. The van der Waals surface area contributed by atoms with Gasteiger partial charge in [-0.15, -0.1) is 0 Å². The molecule has 1 saturated heterocycles. The van der Waals surface area contributed by atoms with Crippen molar-refractivity contribution in [3.8, 4) is 16.9 Å². The van der Waals surface area contributed by atoms with Crippen LogP contribution in [0.3, 0.4) is 0 Å². The van der Waals surface area contributed by atoms with Crippen LogP contribution in [0.25, 0.3) is 27.8 Å². The lowest BCUT2D eigenvalue weighted by molar-refractivity contribution is 0.250. The summed E-state index contributed by atoms with van der Waals surface area (Å²) < 4.78 is 22.7. The van der Waals surface area contributed by atoms with Crippen LogP contribution >= 0.6 is 0 Å². The number of nitrogens with zero attached hydrogens (tertiary/aromatic N) is 5. The standard InChI is InChI=1S/C29H36FN5O/c1-32(2)15-6-18-36-27-11-9-21(19-24(27)30)22-10-12-28-31-25-7-5-8-26(29(25)35(28)20-22)34-16-13-23(14-17-34)33(3)4/h5,7-12,19-20,23H,6,13-18H2,1-4H3. The molecule has 7 heteroatoms. The molecule has 1 aliphatic heterocycles. The van der Waals surface area contributed by atoms with Crippen molar-refractivity contribution in [1.29, 1.82) is 0 Å². The van der Waals surface area contributed by atoms with Gasteiger partial charge in [-0.05, 0) is 95.0 Å². The second-order valence-electron chi connectivity index (χ2n) is 10.2. The van der Waals surface area contributed by atoms with Gasteiger partial charge < -0.3 is 19.4 Å². The van der Waals surface area contributed by atoms with Gasteiger partial charge in [0.2, 0.25) is 0 Å². The Hall–Kier alpha value is -3.16. The van der Waals surface area contributed by atoms with Crippen molar-refractivity contribution in [2.45, 2.75) is 25.3 Å². The molecule has 0 saturated carbocycles. The third-order valence-electron chi connectivity index (χ3n) is 7.20. The number of aromatic nitrogens is 2. The summed E-state index contributed by atoms with van der Waals surface area (Å²) in [6.45, 7) is 3.45. The van der Waals surface area contributed by atoms with Gasteiger partial charge in [0.05, 0.1) is 23.3 Å². The number of anilines is 1. The van der Waals surface area contributed by atoms with E-state index in [-0.39, 0.29) is 5.82 Å². The fourth-order valence-electron chi connectivity index (χ4n) is 5.15. The molecule has 1 aliphatic rings. The van der Waals surface area contributed by atoms with Gasteiger partial charge in [-0.2, -0.15) is 0 Å². The first kappa shape index (κ1) is 24.5. The smallest absolute Gasteiger partial charge is 0.165 e. The summed E-state index contributed by atoms with van der Waals surface area (Å²) in [5, 5.41) is 0. The van der Waals surface area contributed by atoms with Gasteiger partial charge in [0.25, 0.3) is 0 Å². The lowest BCUT2D eigenvalue weighted by atomic mass is 10.0. The maximum absolute atomic E-state index is 14.9. The third kappa shape index (κ3) is 5.04. The SMILES string of the molecule is CN(C)CCCOc1ccc(-c2ccc3nc4cccc(N5CCC(N(C)C)CC5)c4n3c2)cc1F. The second kappa shape index (κ2) is 10.4. The highest BCUT2D eigenvalue weighted by Crippen LogP contribution is 2.32. The summed E-state index contributed by atoms with van der Waals surface area (Å²) in [5.41, 5.74) is 5.96. The zero-order valence-electron chi connectivity index (χ0n) is 21.7. The first-order valence-corrected chi connectivity index (χ1v) is 12.8. The van der Waals surface area contributed by atoms with E-state index in [2.05, 4.69) is 57.6 Å². The number of hydrogen-bond acceptors (Lipinski definition) is 5. The van der Waals surface area contributed by atoms with Gasteiger partial charge in [0.1, 0.15) is 5.65 Å². The molecule has 4 aromatic rings. The number of hydrogen-bond donors (Lipinski definition) is 0. The maximum Gasteiger partial charge on any atom is 0.165 e. The highest BCUT2D eigenvalue weighted by Gasteiger charge is 2.23. The van der Waals surface area contributed by atoms with E-state index >= 15 is 0 Å². The number of para-hydroxylation sites is 1. The van der Waals surface area contributed by atoms with Gasteiger partial charge in [0, 0.05) is 31.9 Å². The second-order valence-corrected chi connectivity index (χ2v) is 10.2. The number of halogens is 1. The Morgan fingerprint density at radius 3 is 2.50 bits per heavy atom. The Morgan fingerprint density at radius 2 is 1.78 bits per heavy atom. The Morgan fingerprint density at radius 1 is 1.00 bits per heavy atom. The van der Waals surface area contributed by atoms with Crippen LogP contribution in [0.1, 0.15) is 19.3 Å². The monoisotopic (exact) mass is 489 g/mol. The largest absolute Gasteiger partial charge is 0.490 e. The minimum atomic E-state index is -0.336. The van der Waals surface area contributed by atoms with Crippen molar-refractivity contribution in [3.63, 3.8) is 0 Å². The van der Waals surface area contributed by atoms with Crippen LogP contribution in [0.15, 0.2) is 54.7 Å². The number of benzene rings is 2. The highest BCUT2D eigenvalue weighted by molar-refractivity contribution is 5.92. The Kier molecular flexibility index (Phi) is 7.12. The molecule has 1 fully saturated rings. The molecular formula is C29H36FN5O. The van der Waals surface area contributed by atoms with Crippen LogP contribution in [0.2, 0.25) is 0 Å². The average molecular weight is 490 g/mol. The molecule has 6 nitrogen and oxygen atoms in total. The molecule has 2 aromatic carbocycles. The van der Waals surface area contributed by atoms with Crippen molar-refractivity contribution in [3.05, 3.63) is 60.5 Å². The highest BCUT2D eigenvalue weighted by atomic mass is 19.1. The van der Waals surface area contributed by atoms with Gasteiger partial charge >= 0.3 is 0 Å². The van der Waals surface area contributed by atoms with Gasteiger partial charge in [0.15, 0.2) is 11.6 Å². The molecule has 190 valence electrons. The summed E-state index contributed by atoms with van der Waals surface area (Å²) >= 11 is 0. The van der Waals surface area contributed by atoms with E-state index < -0.39 is 0 Å². The van der Waals surface area contributed by atoms with E-state index in [0.29, 0.717) is 18.4 Å². The first-order chi connectivity index (χ1) is 17.4. The van der Waals surface area contributed by atoms with Crippen molar-refractivity contribution in [1.82, 2.24) is 19.2 Å². The van der Waals surface area contributed by atoms with E-state index in [0.717, 1.165) is 66.7 Å². The number of fused-ring (bicyclic) bond motifs is 3. The van der Waals surface area contributed by atoms with Crippen LogP contribution in [-0.4, -0.2) is 79.7 Å². The van der Waals surface area contributed by atoms with E-state index in [1.165, 1.54) is 5.69 Å². The summed E-state index contributed by atoms with van der Waals surface area (Å²) in [7, 11) is 8.37. The van der Waals surface area contributed by atoms with E-state index in [1.54, 1.807) is 12.1 Å². The first-order valence-electron chi connectivity index (χ1n) is 12.8.